The van der Waals surface area contributed by atoms with Gasteiger partial charge in [-0.2, -0.15) is 0 Å². The summed E-state index contributed by atoms with van der Waals surface area (Å²) >= 11 is 0. The molecule has 1 aromatic heterocycles. The average molecular weight is 190 g/mol. The summed E-state index contributed by atoms with van der Waals surface area (Å²) in [6.45, 7) is 1.88. The number of oxime groups is 1. The molecule has 0 radical (unpaired) electrons. The molecule has 14 heavy (non-hydrogen) atoms. The third kappa shape index (κ3) is 1.32. The van der Waals surface area contributed by atoms with Gasteiger partial charge >= 0.3 is 0 Å². The SMILES string of the molecule is CC/C(=N/O)n1nc2ccccc2n1. The van der Waals surface area contributed by atoms with E-state index in [9.17, 15) is 0 Å². The quantitative estimate of drug-likeness (QED) is 0.320. The van der Waals surface area contributed by atoms with Gasteiger partial charge in [-0.05, 0) is 12.1 Å². The minimum Gasteiger partial charge on any atom is -0.409 e. The minimum atomic E-state index is 0.432. The van der Waals surface area contributed by atoms with Crippen LogP contribution in [0.5, 0.6) is 0 Å². The molecule has 0 aliphatic heterocycles. The number of rotatable bonds is 1. The van der Waals surface area contributed by atoms with E-state index in [0.717, 1.165) is 11.0 Å². The summed E-state index contributed by atoms with van der Waals surface area (Å²) in [5.41, 5.74) is 1.59. The lowest BCUT2D eigenvalue weighted by Gasteiger charge is -1.95. The van der Waals surface area contributed by atoms with Crippen LogP contribution in [0.25, 0.3) is 11.0 Å². The maximum Gasteiger partial charge on any atom is 0.189 e. The molecule has 0 bridgehead atoms. The van der Waals surface area contributed by atoms with Crippen molar-refractivity contribution in [3.63, 3.8) is 0 Å². The zero-order chi connectivity index (χ0) is 9.97. The topological polar surface area (TPSA) is 63.3 Å². The maximum absolute atomic E-state index is 8.69. The molecular formula is C9H10N4O. The van der Waals surface area contributed by atoms with Crippen LogP contribution in [0.3, 0.4) is 0 Å². The van der Waals surface area contributed by atoms with E-state index in [2.05, 4.69) is 15.4 Å². The maximum atomic E-state index is 8.69. The van der Waals surface area contributed by atoms with Crippen LogP contribution in [0.1, 0.15) is 13.3 Å². The number of aromatic nitrogens is 3. The molecule has 0 aliphatic carbocycles. The fraction of sp³-hybridized carbons (Fsp3) is 0.222. The van der Waals surface area contributed by atoms with Crippen molar-refractivity contribution < 1.29 is 5.21 Å². The van der Waals surface area contributed by atoms with Gasteiger partial charge in [0.15, 0.2) is 5.84 Å². The Morgan fingerprint density at radius 1 is 1.36 bits per heavy atom. The molecular weight excluding hydrogens is 180 g/mol. The van der Waals surface area contributed by atoms with E-state index in [1.165, 1.54) is 4.80 Å². The number of hydrogen-bond donors (Lipinski definition) is 1. The van der Waals surface area contributed by atoms with Gasteiger partial charge in [0.1, 0.15) is 11.0 Å². The molecule has 1 N–H and O–H groups in total. The normalized spacial score (nSPS) is 12.2. The highest BCUT2D eigenvalue weighted by Gasteiger charge is 2.05. The zero-order valence-electron chi connectivity index (χ0n) is 7.75. The third-order valence-corrected chi connectivity index (χ3v) is 1.95. The molecule has 0 fully saturated rings. The predicted molar refractivity (Wildman–Crippen MR) is 52.4 cm³/mol. The molecule has 0 aliphatic rings. The molecule has 0 unspecified atom stereocenters. The second kappa shape index (κ2) is 3.45. The van der Waals surface area contributed by atoms with Gasteiger partial charge in [-0.3, -0.25) is 0 Å². The highest BCUT2D eigenvalue weighted by Crippen LogP contribution is 2.07. The Hall–Kier alpha value is -1.91. The first kappa shape index (κ1) is 8.68. The lowest BCUT2D eigenvalue weighted by molar-refractivity contribution is 0.314. The highest BCUT2D eigenvalue weighted by molar-refractivity contribution is 5.84. The Bertz CT molecular complexity index is 441. The van der Waals surface area contributed by atoms with Crippen LogP contribution in [0.4, 0.5) is 0 Å². The molecule has 72 valence electrons. The summed E-state index contributed by atoms with van der Waals surface area (Å²) < 4.78 is 0. The van der Waals surface area contributed by atoms with Crippen molar-refractivity contribution in [1.29, 1.82) is 0 Å². The predicted octanol–water partition coefficient (Wildman–Crippen LogP) is 1.48. The largest absolute Gasteiger partial charge is 0.409 e. The van der Waals surface area contributed by atoms with E-state index in [1.807, 2.05) is 31.2 Å². The van der Waals surface area contributed by atoms with Crippen molar-refractivity contribution in [1.82, 2.24) is 15.0 Å². The Morgan fingerprint density at radius 3 is 2.36 bits per heavy atom. The van der Waals surface area contributed by atoms with Crippen LogP contribution in [-0.4, -0.2) is 26.0 Å². The molecule has 2 aromatic rings. The molecule has 1 aromatic carbocycles. The molecule has 5 nitrogen and oxygen atoms in total. The van der Waals surface area contributed by atoms with E-state index in [4.69, 9.17) is 5.21 Å². The first-order valence-electron chi connectivity index (χ1n) is 4.38. The van der Waals surface area contributed by atoms with Crippen molar-refractivity contribution in [2.45, 2.75) is 13.3 Å². The Labute approximate surface area is 80.6 Å². The van der Waals surface area contributed by atoms with Crippen LogP contribution >= 0.6 is 0 Å². The minimum absolute atomic E-state index is 0.432. The number of benzene rings is 1. The number of hydrogen-bond acceptors (Lipinski definition) is 4. The molecule has 0 saturated carbocycles. The van der Waals surface area contributed by atoms with E-state index in [-0.39, 0.29) is 0 Å². The van der Waals surface area contributed by atoms with Crippen LogP contribution < -0.4 is 0 Å². The van der Waals surface area contributed by atoms with Crippen molar-refractivity contribution >= 4 is 16.9 Å². The first-order chi connectivity index (χ1) is 6.85. The van der Waals surface area contributed by atoms with E-state index in [1.54, 1.807) is 0 Å². The molecule has 2 rings (SSSR count). The van der Waals surface area contributed by atoms with E-state index in [0.29, 0.717) is 12.3 Å². The summed E-state index contributed by atoms with van der Waals surface area (Å²) in [7, 11) is 0. The second-order valence-electron chi connectivity index (χ2n) is 2.85. The zero-order valence-corrected chi connectivity index (χ0v) is 7.75. The van der Waals surface area contributed by atoms with Crippen LogP contribution in [0, 0.1) is 0 Å². The van der Waals surface area contributed by atoms with Gasteiger partial charge in [-0.25, -0.2) is 0 Å². The number of fused-ring (bicyclic) bond motifs is 1. The molecule has 0 atom stereocenters. The monoisotopic (exact) mass is 190 g/mol. The summed E-state index contributed by atoms with van der Waals surface area (Å²) in [5, 5.41) is 20.2. The van der Waals surface area contributed by atoms with Gasteiger partial charge in [0.25, 0.3) is 0 Å². The standard InChI is InChI=1S/C9H10N4O/c1-2-9(12-14)13-10-7-5-3-4-6-8(7)11-13/h3-6,14H,2H2,1H3/b12-9-. The lowest BCUT2D eigenvalue weighted by Crippen LogP contribution is -2.13. The molecule has 0 saturated heterocycles. The van der Waals surface area contributed by atoms with Crippen LogP contribution in [0.15, 0.2) is 29.4 Å². The van der Waals surface area contributed by atoms with Gasteiger partial charge < -0.3 is 5.21 Å². The average Bonchev–Trinajstić information content (AvgIpc) is 2.63. The van der Waals surface area contributed by atoms with Gasteiger partial charge in [-0.1, -0.05) is 24.2 Å². The van der Waals surface area contributed by atoms with Crippen molar-refractivity contribution in [2.24, 2.45) is 5.16 Å². The Balaban J connectivity index is 2.55. The summed E-state index contributed by atoms with van der Waals surface area (Å²) in [5.74, 6) is 0.432. The molecule has 1 heterocycles. The van der Waals surface area contributed by atoms with Crippen molar-refractivity contribution in [3.05, 3.63) is 24.3 Å². The molecule has 0 amide bonds. The number of nitrogens with zero attached hydrogens (tertiary/aromatic N) is 4. The lowest BCUT2D eigenvalue weighted by atomic mass is 10.3. The Kier molecular flexibility index (Phi) is 2.14. The van der Waals surface area contributed by atoms with Crippen molar-refractivity contribution in [3.8, 4) is 0 Å². The smallest absolute Gasteiger partial charge is 0.189 e. The van der Waals surface area contributed by atoms with Crippen molar-refractivity contribution in [2.75, 3.05) is 0 Å². The van der Waals surface area contributed by atoms with E-state index >= 15 is 0 Å². The van der Waals surface area contributed by atoms with Crippen LogP contribution in [-0.2, 0) is 0 Å². The van der Waals surface area contributed by atoms with Gasteiger partial charge in [0, 0.05) is 6.42 Å². The summed E-state index contributed by atoms with van der Waals surface area (Å²) in [6.07, 6.45) is 0.581. The second-order valence-corrected chi connectivity index (χ2v) is 2.85. The van der Waals surface area contributed by atoms with Gasteiger partial charge in [-0.15, -0.1) is 15.0 Å². The van der Waals surface area contributed by atoms with Gasteiger partial charge in [0.2, 0.25) is 0 Å². The summed E-state index contributed by atoms with van der Waals surface area (Å²) in [4.78, 5) is 1.35. The fourth-order valence-electron chi connectivity index (χ4n) is 1.23. The Morgan fingerprint density at radius 2 is 1.93 bits per heavy atom. The first-order valence-corrected chi connectivity index (χ1v) is 4.38. The van der Waals surface area contributed by atoms with Crippen LogP contribution in [0.2, 0.25) is 0 Å². The van der Waals surface area contributed by atoms with E-state index < -0.39 is 0 Å². The molecule has 0 spiro atoms. The highest BCUT2D eigenvalue weighted by atomic mass is 16.4. The fourth-order valence-corrected chi connectivity index (χ4v) is 1.23. The summed E-state index contributed by atoms with van der Waals surface area (Å²) in [6, 6.07) is 7.51. The third-order valence-electron chi connectivity index (χ3n) is 1.95. The van der Waals surface area contributed by atoms with Gasteiger partial charge in [0.05, 0.1) is 0 Å². The molecule has 5 heteroatoms.